The van der Waals surface area contributed by atoms with Gasteiger partial charge in [-0.2, -0.15) is 0 Å². The maximum absolute atomic E-state index is 15.0. The van der Waals surface area contributed by atoms with Crippen molar-refractivity contribution in [2.24, 2.45) is 11.8 Å². The number of thioether (sulfide) groups is 1. The van der Waals surface area contributed by atoms with Gasteiger partial charge in [0.25, 0.3) is 5.91 Å². The lowest BCUT2D eigenvalue weighted by Crippen LogP contribution is -2.56. The van der Waals surface area contributed by atoms with Gasteiger partial charge in [-0.3, -0.25) is 14.4 Å². The zero-order valence-corrected chi connectivity index (χ0v) is 31.9. The van der Waals surface area contributed by atoms with Crippen LogP contribution in [-0.2, 0) is 14.4 Å². The summed E-state index contributed by atoms with van der Waals surface area (Å²) in [6.07, 6.45) is 6.02. The third-order valence-corrected chi connectivity index (χ3v) is 13.5. The molecule has 3 unspecified atom stereocenters. The Labute approximate surface area is 309 Å². The summed E-state index contributed by atoms with van der Waals surface area (Å²) in [6.45, 7) is 17.4. The van der Waals surface area contributed by atoms with Crippen LogP contribution >= 0.6 is 27.7 Å². The molecular formula is C39H51BrN4O5S. The fourth-order valence-corrected chi connectivity index (χ4v) is 11.7. The van der Waals surface area contributed by atoms with Gasteiger partial charge in [0.05, 0.1) is 23.2 Å². The quantitative estimate of drug-likeness (QED) is 0.108. The number of alkyl halides is 1. The first-order chi connectivity index (χ1) is 24.2. The molecule has 5 rings (SSSR count). The lowest BCUT2D eigenvalue weighted by molar-refractivity contribution is -0.139. The number of nitrogens with zero attached hydrogens (tertiary/aromatic N) is 4. The third kappa shape index (κ3) is 7.10. The molecule has 11 heteroatoms. The molecule has 50 heavy (non-hydrogen) atoms. The van der Waals surface area contributed by atoms with Crippen molar-refractivity contribution in [3.8, 4) is 5.75 Å². The number of amides is 3. The van der Waals surface area contributed by atoms with Crippen LogP contribution < -0.4 is 19.4 Å². The monoisotopic (exact) mass is 766 g/mol. The number of carbonyl (C=O) groups excluding carboxylic acids is 3. The first kappa shape index (κ1) is 38.0. The number of likely N-dealkylation sites (tertiary alicyclic amines) is 1. The van der Waals surface area contributed by atoms with E-state index in [1.54, 1.807) is 38.6 Å². The number of fused-ring (bicyclic) bond motifs is 1. The second kappa shape index (κ2) is 16.8. The van der Waals surface area contributed by atoms with Crippen molar-refractivity contribution in [1.82, 2.24) is 4.90 Å². The van der Waals surface area contributed by atoms with Crippen LogP contribution in [0.1, 0.15) is 46.5 Å². The highest BCUT2D eigenvalue weighted by Gasteiger charge is 2.76. The van der Waals surface area contributed by atoms with E-state index >= 15 is 4.79 Å². The van der Waals surface area contributed by atoms with E-state index in [0.717, 1.165) is 30.9 Å². The van der Waals surface area contributed by atoms with Gasteiger partial charge in [-0.05, 0) is 95.0 Å². The Hall–Kier alpha value is -3.28. The second-order valence-electron chi connectivity index (χ2n) is 13.1. The average molecular weight is 768 g/mol. The van der Waals surface area contributed by atoms with E-state index in [4.69, 9.17) is 4.74 Å². The Morgan fingerprint density at radius 2 is 1.52 bits per heavy atom. The molecule has 3 heterocycles. The first-order valence-corrected chi connectivity index (χ1v) is 19.7. The normalized spacial score (nSPS) is 24.9. The number of rotatable bonds is 18. The topological polar surface area (TPSA) is 93.6 Å². The molecule has 1 N–H and O–H groups in total. The molecule has 6 atom stereocenters. The average Bonchev–Trinajstić information content (AvgIpc) is 3.72. The Morgan fingerprint density at radius 3 is 2.08 bits per heavy atom. The summed E-state index contributed by atoms with van der Waals surface area (Å²) in [5, 5.41) is 9.27. The van der Waals surface area contributed by atoms with Gasteiger partial charge in [-0.15, -0.1) is 24.9 Å². The summed E-state index contributed by atoms with van der Waals surface area (Å²) in [4.78, 5) is 51.9. The molecule has 1 spiro atoms. The zero-order chi connectivity index (χ0) is 36.0. The highest BCUT2D eigenvalue weighted by Crippen LogP contribution is 2.68. The number of unbranched alkanes of at least 4 members (excludes halogenated alkanes) is 2. The van der Waals surface area contributed by atoms with E-state index in [2.05, 4.69) is 47.8 Å². The highest BCUT2D eigenvalue weighted by molar-refractivity contribution is 9.09. The number of hydrogen-bond donors (Lipinski definition) is 1. The van der Waals surface area contributed by atoms with Crippen molar-refractivity contribution in [1.29, 1.82) is 0 Å². The Balaban J connectivity index is 1.53. The Morgan fingerprint density at radius 1 is 0.940 bits per heavy atom. The number of benzene rings is 2. The molecule has 0 aromatic heterocycles. The lowest BCUT2D eigenvalue weighted by atomic mass is 9.70. The van der Waals surface area contributed by atoms with E-state index in [-0.39, 0.29) is 47.5 Å². The molecule has 0 radical (unpaired) electrons. The van der Waals surface area contributed by atoms with Crippen LogP contribution in [0, 0.1) is 11.8 Å². The van der Waals surface area contributed by atoms with E-state index in [1.165, 1.54) is 0 Å². The Kier molecular flexibility index (Phi) is 12.8. The van der Waals surface area contributed by atoms with Gasteiger partial charge < -0.3 is 29.4 Å². The molecular weight excluding hydrogens is 716 g/mol. The van der Waals surface area contributed by atoms with Crippen LogP contribution in [0.5, 0.6) is 5.75 Å². The predicted molar refractivity (Wildman–Crippen MR) is 208 cm³/mol. The molecule has 3 saturated heterocycles. The van der Waals surface area contributed by atoms with Crippen molar-refractivity contribution >= 4 is 62.5 Å². The van der Waals surface area contributed by atoms with Gasteiger partial charge >= 0.3 is 0 Å². The van der Waals surface area contributed by atoms with E-state index < -0.39 is 22.6 Å². The van der Waals surface area contributed by atoms with Gasteiger partial charge in [0.1, 0.15) is 11.8 Å². The fraction of sp³-hybridized carbons (Fsp3) is 0.513. The number of aliphatic hydroxyl groups excluding tert-OH is 1. The molecule has 3 aliphatic rings. The summed E-state index contributed by atoms with van der Waals surface area (Å²) in [5.74, 6) is -1.01. The van der Waals surface area contributed by atoms with Crippen LogP contribution in [0.25, 0.3) is 0 Å². The van der Waals surface area contributed by atoms with Gasteiger partial charge in [0.2, 0.25) is 11.8 Å². The molecule has 3 aliphatic heterocycles. The summed E-state index contributed by atoms with van der Waals surface area (Å²) in [7, 11) is 0. The van der Waals surface area contributed by atoms with Crippen molar-refractivity contribution in [2.75, 3.05) is 60.6 Å². The van der Waals surface area contributed by atoms with Gasteiger partial charge in [-0.1, -0.05) is 28.1 Å². The molecule has 2 bridgehead atoms. The number of ether oxygens (including phenoxy) is 1. The minimum atomic E-state index is -0.788. The summed E-state index contributed by atoms with van der Waals surface area (Å²) in [6, 6.07) is 14.7. The van der Waals surface area contributed by atoms with Crippen LogP contribution in [0.4, 0.5) is 17.1 Å². The number of carbonyl (C=O) groups is 3. The molecule has 0 aliphatic carbocycles. The maximum atomic E-state index is 15.0. The Bertz CT molecular complexity index is 1520. The number of hydrogen-bond acceptors (Lipinski definition) is 7. The second-order valence-corrected chi connectivity index (χ2v) is 15.8. The first-order valence-electron chi connectivity index (χ1n) is 17.9. The lowest BCUT2D eigenvalue weighted by Gasteiger charge is -2.38. The van der Waals surface area contributed by atoms with Crippen molar-refractivity contribution in [3.05, 3.63) is 73.8 Å². The minimum absolute atomic E-state index is 0.0535. The van der Waals surface area contributed by atoms with Gasteiger partial charge in [0, 0.05) is 66.5 Å². The summed E-state index contributed by atoms with van der Waals surface area (Å²) in [5.41, 5.74) is 2.53. The molecule has 3 fully saturated rings. The van der Waals surface area contributed by atoms with Crippen LogP contribution in [0.3, 0.4) is 0 Å². The largest absolute Gasteiger partial charge is 0.494 e. The van der Waals surface area contributed by atoms with Crippen molar-refractivity contribution < 1.29 is 24.2 Å². The van der Waals surface area contributed by atoms with Crippen LogP contribution in [0.15, 0.2) is 73.8 Å². The molecule has 9 nitrogen and oxygen atoms in total. The molecule has 2 aromatic carbocycles. The fourth-order valence-electron chi connectivity index (χ4n) is 8.05. The van der Waals surface area contributed by atoms with E-state index in [9.17, 15) is 14.7 Å². The highest BCUT2D eigenvalue weighted by atomic mass is 79.9. The third-order valence-electron chi connectivity index (χ3n) is 10.3. The maximum Gasteiger partial charge on any atom is 0.251 e. The number of anilines is 3. The van der Waals surface area contributed by atoms with Gasteiger partial charge in [-0.25, -0.2) is 0 Å². The van der Waals surface area contributed by atoms with Gasteiger partial charge in [0.15, 0.2) is 0 Å². The zero-order valence-electron chi connectivity index (χ0n) is 29.5. The number of halogens is 1. The number of aliphatic hydroxyl groups is 1. The standard InChI is InChI=1S/C39H51BrN4O5S/c1-6-22-42(29-18-20-30(21-19-29)49-10-5)36(46)32-33-37(47)44(24-12-11-13-25-45)35(39(33)26-31(40)34(32)50-39)38(48)43(23-7-2)28-16-14-27(15-17-28)41(8-3)9-4/h6-7,14-21,31-35,45H,1-2,8-13,22-26H2,3-5H3/t31?,32-,33-,34-,35?,39?/m0/s1. The smallest absolute Gasteiger partial charge is 0.251 e. The summed E-state index contributed by atoms with van der Waals surface area (Å²) >= 11 is 5.55. The molecule has 3 amide bonds. The van der Waals surface area contributed by atoms with E-state index in [0.29, 0.717) is 43.9 Å². The predicted octanol–water partition coefficient (Wildman–Crippen LogP) is 6.30. The SMILES string of the molecule is C=CCN(C(=O)C1N(CCCCCO)C(=O)[C@@H]2[C@H](C(=O)N(CC=C)c3ccc(OCC)cc3)[C@H]3SC12CC3Br)c1ccc(N(CC)CC)cc1. The van der Waals surface area contributed by atoms with Crippen LogP contribution in [-0.4, -0.2) is 94.5 Å². The molecule has 2 aromatic rings. The molecule has 0 saturated carbocycles. The van der Waals surface area contributed by atoms with Crippen LogP contribution in [0.2, 0.25) is 0 Å². The van der Waals surface area contributed by atoms with Crippen molar-refractivity contribution in [2.45, 2.75) is 67.3 Å². The summed E-state index contributed by atoms with van der Waals surface area (Å²) < 4.78 is 4.84. The minimum Gasteiger partial charge on any atom is -0.494 e. The van der Waals surface area contributed by atoms with Crippen molar-refractivity contribution in [3.63, 3.8) is 0 Å². The molecule has 270 valence electrons. The van der Waals surface area contributed by atoms with E-state index in [1.807, 2.05) is 55.5 Å².